The average molecular weight is 412 g/mol. The maximum absolute atomic E-state index is 12.3. The lowest BCUT2D eigenvalue weighted by Gasteiger charge is -2.12. The van der Waals surface area contributed by atoms with Gasteiger partial charge in [-0.1, -0.05) is 49.7 Å². The van der Waals surface area contributed by atoms with E-state index in [0.29, 0.717) is 27.9 Å². The van der Waals surface area contributed by atoms with Crippen molar-refractivity contribution in [1.82, 2.24) is 5.16 Å². The molecule has 0 aliphatic heterocycles. The Hall–Kier alpha value is -3.12. The Morgan fingerprint density at radius 3 is 2.24 bits per heavy atom. The second kappa shape index (κ2) is 8.49. The van der Waals surface area contributed by atoms with Gasteiger partial charge in [0, 0.05) is 27.8 Å². The third-order valence-corrected chi connectivity index (χ3v) is 4.45. The first-order valence-electron chi connectivity index (χ1n) is 9.13. The summed E-state index contributed by atoms with van der Waals surface area (Å²) in [5.41, 5.74) is 1.75. The van der Waals surface area contributed by atoms with Gasteiger partial charge >= 0.3 is 0 Å². The molecule has 0 radical (unpaired) electrons. The van der Waals surface area contributed by atoms with Gasteiger partial charge in [0.25, 0.3) is 5.91 Å². The highest BCUT2D eigenvalue weighted by atomic mass is 35.5. The second-order valence-electron chi connectivity index (χ2n) is 7.71. The maximum Gasteiger partial charge on any atom is 0.255 e. The number of amides is 2. The van der Waals surface area contributed by atoms with Crippen LogP contribution in [-0.2, 0) is 16.6 Å². The Labute approximate surface area is 174 Å². The van der Waals surface area contributed by atoms with Crippen LogP contribution >= 0.6 is 11.6 Å². The summed E-state index contributed by atoms with van der Waals surface area (Å²) in [5.74, 6) is 0.639. The van der Waals surface area contributed by atoms with E-state index in [0.717, 1.165) is 5.56 Å². The van der Waals surface area contributed by atoms with Crippen molar-refractivity contribution in [3.8, 4) is 0 Å². The van der Waals surface area contributed by atoms with Crippen molar-refractivity contribution in [2.24, 2.45) is 0 Å². The van der Waals surface area contributed by atoms with E-state index in [-0.39, 0.29) is 23.7 Å². The zero-order valence-corrected chi connectivity index (χ0v) is 17.2. The van der Waals surface area contributed by atoms with Crippen molar-refractivity contribution in [3.05, 3.63) is 76.5 Å². The van der Waals surface area contributed by atoms with E-state index in [9.17, 15) is 9.59 Å². The van der Waals surface area contributed by atoms with Gasteiger partial charge in [-0.3, -0.25) is 9.59 Å². The number of aromatic nitrogens is 1. The van der Waals surface area contributed by atoms with E-state index >= 15 is 0 Å². The summed E-state index contributed by atoms with van der Waals surface area (Å²) >= 11 is 5.84. The Morgan fingerprint density at radius 2 is 1.66 bits per heavy atom. The molecule has 6 nitrogen and oxygen atoms in total. The number of rotatable bonds is 5. The number of carbonyl (C=O) groups excluding carboxylic acids is 2. The monoisotopic (exact) mass is 411 g/mol. The lowest BCUT2D eigenvalue weighted by molar-refractivity contribution is -0.115. The van der Waals surface area contributed by atoms with E-state index in [1.54, 1.807) is 54.6 Å². The van der Waals surface area contributed by atoms with Crippen LogP contribution in [0, 0.1) is 0 Å². The number of benzene rings is 2. The molecular formula is C22H22ClN3O3. The molecule has 0 unspecified atom stereocenters. The molecule has 0 aliphatic carbocycles. The molecule has 3 rings (SSSR count). The molecule has 0 saturated heterocycles. The van der Waals surface area contributed by atoms with E-state index in [2.05, 4.69) is 15.8 Å². The standard InChI is InChI=1S/C22H22ClN3O3/c1-22(2,3)18-13-19(26-29-18)25-20(27)12-14-4-6-15(7-5-14)21(28)24-17-10-8-16(23)9-11-17/h4-11,13H,12H2,1-3H3,(H,24,28)(H,25,26,27). The molecule has 1 aromatic heterocycles. The molecule has 2 aromatic carbocycles. The quantitative estimate of drug-likeness (QED) is 0.614. The zero-order chi connectivity index (χ0) is 21.0. The zero-order valence-electron chi connectivity index (χ0n) is 16.5. The molecule has 2 amide bonds. The fourth-order valence-electron chi connectivity index (χ4n) is 2.57. The Balaban J connectivity index is 1.57. The van der Waals surface area contributed by atoms with Crippen molar-refractivity contribution in [2.45, 2.75) is 32.6 Å². The van der Waals surface area contributed by atoms with Crippen molar-refractivity contribution >= 4 is 34.9 Å². The number of carbonyl (C=O) groups is 2. The third kappa shape index (κ3) is 5.68. The highest BCUT2D eigenvalue weighted by molar-refractivity contribution is 6.30. The molecule has 29 heavy (non-hydrogen) atoms. The minimum atomic E-state index is -0.236. The molecule has 0 fully saturated rings. The van der Waals surface area contributed by atoms with Crippen LogP contribution in [0.3, 0.4) is 0 Å². The van der Waals surface area contributed by atoms with Gasteiger partial charge in [0.2, 0.25) is 5.91 Å². The van der Waals surface area contributed by atoms with E-state index in [1.807, 2.05) is 20.8 Å². The van der Waals surface area contributed by atoms with Gasteiger partial charge in [-0.05, 0) is 42.0 Å². The van der Waals surface area contributed by atoms with Crippen LogP contribution in [0.5, 0.6) is 0 Å². The first kappa shape index (κ1) is 20.6. The molecule has 0 atom stereocenters. The average Bonchev–Trinajstić information content (AvgIpc) is 3.13. The van der Waals surface area contributed by atoms with Crippen LogP contribution in [0.25, 0.3) is 0 Å². The van der Waals surface area contributed by atoms with Gasteiger partial charge in [-0.2, -0.15) is 0 Å². The van der Waals surface area contributed by atoms with E-state index in [4.69, 9.17) is 16.1 Å². The molecule has 0 aliphatic rings. The van der Waals surface area contributed by atoms with Gasteiger partial charge in [-0.25, -0.2) is 0 Å². The summed E-state index contributed by atoms with van der Waals surface area (Å²) in [6.07, 6.45) is 0.163. The summed E-state index contributed by atoms with van der Waals surface area (Å²) in [6.45, 7) is 6.01. The molecule has 7 heteroatoms. The maximum atomic E-state index is 12.3. The van der Waals surface area contributed by atoms with E-state index < -0.39 is 0 Å². The van der Waals surface area contributed by atoms with Crippen molar-refractivity contribution in [1.29, 1.82) is 0 Å². The smallest absolute Gasteiger partial charge is 0.255 e. The normalized spacial score (nSPS) is 11.2. The van der Waals surface area contributed by atoms with Crippen LogP contribution in [0.15, 0.2) is 59.1 Å². The van der Waals surface area contributed by atoms with Gasteiger partial charge < -0.3 is 15.2 Å². The minimum Gasteiger partial charge on any atom is -0.359 e. The number of nitrogens with one attached hydrogen (secondary N) is 2. The highest BCUT2D eigenvalue weighted by Gasteiger charge is 2.20. The number of hydrogen-bond acceptors (Lipinski definition) is 4. The second-order valence-corrected chi connectivity index (χ2v) is 8.15. The molecule has 1 heterocycles. The topological polar surface area (TPSA) is 84.2 Å². The predicted molar refractivity (Wildman–Crippen MR) is 113 cm³/mol. The summed E-state index contributed by atoms with van der Waals surface area (Å²) in [5, 5.41) is 10.0. The van der Waals surface area contributed by atoms with E-state index in [1.165, 1.54) is 0 Å². The van der Waals surface area contributed by atoms with Gasteiger partial charge in [0.1, 0.15) is 5.76 Å². The molecule has 0 spiro atoms. The lowest BCUT2D eigenvalue weighted by atomic mass is 9.93. The number of halogens is 1. The third-order valence-electron chi connectivity index (χ3n) is 4.20. The molecule has 3 aromatic rings. The number of nitrogens with zero attached hydrogens (tertiary/aromatic N) is 1. The fraction of sp³-hybridized carbons (Fsp3) is 0.227. The van der Waals surface area contributed by atoms with Gasteiger partial charge in [0.05, 0.1) is 6.42 Å². The summed E-state index contributed by atoms with van der Waals surface area (Å²) in [6, 6.07) is 15.5. The van der Waals surface area contributed by atoms with Crippen LogP contribution in [0.4, 0.5) is 11.5 Å². The van der Waals surface area contributed by atoms with Crippen LogP contribution < -0.4 is 10.6 Å². The number of anilines is 2. The first-order valence-corrected chi connectivity index (χ1v) is 9.51. The summed E-state index contributed by atoms with van der Waals surface area (Å²) in [4.78, 5) is 24.6. The molecule has 0 saturated carbocycles. The van der Waals surface area contributed by atoms with Crippen LogP contribution in [0.1, 0.15) is 42.5 Å². The van der Waals surface area contributed by atoms with Crippen molar-refractivity contribution in [3.63, 3.8) is 0 Å². The highest BCUT2D eigenvalue weighted by Crippen LogP contribution is 2.24. The van der Waals surface area contributed by atoms with Gasteiger partial charge in [0.15, 0.2) is 5.82 Å². The van der Waals surface area contributed by atoms with Gasteiger partial charge in [-0.15, -0.1) is 0 Å². The first-order chi connectivity index (χ1) is 13.7. The Bertz CT molecular complexity index is 1000. The van der Waals surface area contributed by atoms with Crippen LogP contribution in [-0.4, -0.2) is 17.0 Å². The molecular weight excluding hydrogens is 390 g/mol. The summed E-state index contributed by atoms with van der Waals surface area (Å²) in [7, 11) is 0. The fourth-order valence-corrected chi connectivity index (χ4v) is 2.70. The molecule has 150 valence electrons. The SMILES string of the molecule is CC(C)(C)c1cc(NC(=O)Cc2ccc(C(=O)Nc3ccc(Cl)cc3)cc2)no1. The van der Waals surface area contributed by atoms with Crippen molar-refractivity contribution < 1.29 is 14.1 Å². The van der Waals surface area contributed by atoms with Crippen LogP contribution in [0.2, 0.25) is 5.02 Å². The Morgan fingerprint density at radius 1 is 1.00 bits per heavy atom. The lowest BCUT2D eigenvalue weighted by Crippen LogP contribution is -2.15. The molecule has 2 N–H and O–H groups in total. The Kier molecular flexibility index (Phi) is 6.03. The number of hydrogen-bond donors (Lipinski definition) is 2. The summed E-state index contributed by atoms with van der Waals surface area (Å²) < 4.78 is 5.26. The predicted octanol–water partition coefficient (Wildman–Crippen LogP) is 5.06. The minimum absolute atomic E-state index is 0.163. The largest absolute Gasteiger partial charge is 0.359 e. The van der Waals surface area contributed by atoms with Crippen molar-refractivity contribution in [2.75, 3.05) is 10.6 Å². The molecule has 0 bridgehead atoms.